The molecule has 0 aliphatic heterocycles. The Bertz CT molecular complexity index is 560. The average molecular weight is 269 g/mol. The van der Waals surface area contributed by atoms with Crippen molar-refractivity contribution in [2.24, 2.45) is 0 Å². The summed E-state index contributed by atoms with van der Waals surface area (Å²) in [6, 6.07) is 1.45. The van der Waals surface area contributed by atoms with Crippen LogP contribution in [-0.4, -0.2) is 36.3 Å². The number of rotatable bonds is 5. The van der Waals surface area contributed by atoms with Crippen LogP contribution in [0.1, 0.15) is 10.4 Å². The monoisotopic (exact) mass is 269 g/mol. The maximum Gasteiger partial charge on any atom is 0.254 e. The third-order valence-electron chi connectivity index (χ3n) is 1.95. The highest BCUT2D eigenvalue weighted by Crippen LogP contribution is 1.92. The number of aromatic nitrogens is 2. The molecule has 18 heavy (non-hydrogen) atoms. The molecule has 0 saturated carbocycles. The van der Waals surface area contributed by atoms with Gasteiger partial charge in [0, 0.05) is 6.07 Å². The Hall–Kier alpha value is -1.98. The SMILES string of the molecule is C#CCNC(=O)c1cc[n+](CCS(=O)(=O)[O-])nc1. The molecular weight excluding hydrogens is 258 g/mol. The van der Waals surface area contributed by atoms with Crippen molar-refractivity contribution in [2.45, 2.75) is 6.54 Å². The van der Waals surface area contributed by atoms with E-state index in [2.05, 4.69) is 16.3 Å². The van der Waals surface area contributed by atoms with Gasteiger partial charge in [0.25, 0.3) is 5.91 Å². The molecule has 0 radical (unpaired) electrons. The van der Waals surface area contributed by atoms with Crippen LogP contribution in [0.5, 0.6) is 0 Å². The van der Waals surface area contributed by atoms with Gasteiger partial charge in [-0.05, 0) is 5.10 Å². The first-order valence-electron chi connectivity index (χ1n) is 4.93. The molecule has 0 unspecified atom stereocenters. The van der Waals surface area contributed by atoms with E-state index in [1.54, 1.807) is 0 Å². The van der Waals surface area contributed by atoms with Gasteiger partial charge in [-0.3, -0.25) is 4.79 Å². The van der Waals surface area contributed by atoms with Crippen LogP contribution in [0.3, 0.4) is 0 Å². The summed E-state index contributed by atoms with van der Waals surface area (Å²) >= 11 is 0. The highest BCUT2D eigenvalue weighted by atomic mass is 32.2. The first-order chi connectivity index (χ1) is 8.42. The minimum Gasteiger partial charge on any atom is -0.748 e. The fraction of sp³-hybridized carbons (Fsp3) is 0.300. The van der Waals surface area contributed by atoms with E-state index in [0.29, 0.717) is 5.56 Å². The minimum absolute atomic E-state index is 0.0575. The fourth-order valence-corrected chi connectivity index (χ4v) is 1.50. The second-order valence-electron chi connectivity index (χ2n) is 3.33. The highest BCUT2D eigenvalue weighted by molar-refractivity contribution is 7.85. The second kappa shape index (κ2) is 6.09. The molecule has 0 saturated heterocycles. The molecule has 96 valence electrons. The molecule has 1 amide bonds. The second-order valence-corrected chi connectivity index (χ2v) is 4.85. The lowest BCUT2D eigenvalue weighted by Gasteiger charge is -2.02. The van der Waals surface area contributed by atoms with Gasteiger partial charge in [0.1, 0.15) is 16.3 Å². The van der Waals surface area contributed by atoms with Crippen molar-refractivity contribution in [1.29, 1.82) is 0 Å². The van der Waals surface area contributed by atoms with E-state index in [9.17, 15) is 17.8 Å². The number of aryl methyl sites for hydroxylation is 1. The quantitative estimate of drug-likeness (QED) is 0.389. The van der Waals surface area contributed by atoms with Crippen molar-refractivity contribution in [2.75, 3.05) is 12.3 Å². The zero-order valence-electron chi connectivity index (χ0n) is 9.37. The number of carbonyl (C=O) groups is 1. The molecule has 0 spiro atoms. The smallest absolute Gasteiger partial charge is 0.254 e. The Morgan fingerprint density at radius 1 is 1.61 bits per heavy atom. The van der Waals surface area contributed by atoms with Gasteiger partial charge in [-0.1, -0.05) is 10.6 Å². The molecule has 0 atom stereocenters. The van der Waals surface area contributed by atoms with E-state index in [1.807, 2.05) is 0 Å². The fourth-order valence-electron chi connectivity index (χ4n) is 1.09. The summed E-state index contributed by atoms with van der Waals surface area (Å²) < 4.78 is 32.5. The van der Waals surface area contributed by atoms with Gasteiger partial charge in [-0.15, -0.1) is 6.42 Å². The summed E-state index contributed by atoms with van der Waals surface area (Å²) in [7, 11) is -4.27. The van der Waals surface area contributed by atoms with Crippen LogP contribution >= 0.6 is 0 Å². The molecule has 1 aromatic rings. The number of nitrogens with zero attached hydrogens (tertiary/aromatic N) is 2. The standard InChI is InChI=1S/C10H11N3O4S/c1-2-4-11-10(14)9-3-5-13(12-8-9)6-7-18(15,16)17/h1,3,5,8H,4,6-7H2,(H-,11,14,15,16,17). The Morgan fingerprint density at radius 2 is 2.33 bits per heavy atom. The molecule has 1 N–H and O–H groups in total. The third-order valence-corrected chi connectivity index (χ3v) is 2.64. The Balaban J connectivity index is 2.63. The molecule has 0 aliphatic rings. The summed E-state index contributed by atoms with van der Waals surface area (Å²) in [5, 5.41) is 6.27. The van der Waals surface area contributed by atoms with Crippen molar-refractivity contribution in [3.8, 4) is 12.3 Å². The lowest BCUT2D eigenvalue weighted by molar-refractivity contribution is -0.750. The summed E-state index contributed by atoms with van der Waals surface area (Å²) in [5.41, 5.74) is 0.298. The normalized spacial score (nSPS) is 10.7. The van der Waals surface area contributed by atoms with Crippen molar-refractivity contribution in [3.63, 3.8) is 0 Å². The van der Waals surface area contributed by atoms with Crippen molar-refractivity contribution < 1.29 is 22.4 Å². The zero-order valence-corrected chi connectivity index (χ0v) is 10.2. The highest BCUT2D eigenvalue weighted by Gasteiger charge is 2.09. The van der Waals surface area contributed by atoms with Crippen LogP contribution in [0, 0.1) is 12.3 Å². The van der Waals surface area contributed by atoms with E-state index in [0.717, 1.165) is 0 Å². The van der Waals surface area contributed by atoms with Gasteiger partial charge in [0.05, 0.1) is 17.9 Å². The topological polar surface area (TPSA) is 103 Å². The summed E-state index contributed by atoms with van der Waals surface area (Å²) in [6.45, 7) is 0.0558. The molecule has 1 aromatic heterocycles. The molecule has 0 fully saturated rings. The van der Waals surface area contributed by atoms with Gasteiger partial charge in [-0.2, -0.15) is 0 Å². The first-order valence-corrected chi connectivity index (χ1v) is 6.51. The molecule has 0 aromatic carbocycles. The molecule has 0 aliphatic carbocycles. The molecule has 0 bridgehead atoms. The third kappa shape index (κ3) is 4.90. The number of hydrogen-bond donors (Lipinski definition) is 1. The van der Waals surface area contributed by atoms with E-state index in [1.165, 1.54) is 23.1 Å². The molecule has 1 heterocycles. The van der Waals surface area contributed by atoms with Gasteiger partial charge in [0.15, 0.2) is 12.7 Å². The van der Waals surface area contributed by atoms with Gasteiger partial charge in [-0.25, -0.2) is 8.42 Å². The summed E-state index contributed by atoms with van der Waals surface area (Å²) in [5.74, 6) is 1.34. The minimum atomic E-state index is -4.27. The predicted molar refractivity (Wildman–Crippen MR) is 60.2 cm³/mol. The first kappa shape index (κ1) is 14.1. The number of hydrogen-bond acceptors (Lipinski definition) is 5. The maximum atomic E-state index is 11.4. The Labute approximate surface area is 105 Å². The van der Waals surface area contributed by atoms with E-state index in [-0.39, 0.29) is 19.0 Å². The van der Waals surface area contributed by atoms with Gasteiger partial charge < -0.3 is 9.87 Å². The van der Waals surface area contributed by atoms with E-state index < -0.39 is 15.9 Å². The number of terminal acetylenes is 1. The molecule has 8 heteroatoms. The Morgan fingerprint density at radius 3 is 2.83 bits per heavy atom. The lowest BCUT2D eigenvalue weighted by atomic mass is 10.3. The van der Waals surface area contributed by atoms with Crippen molar-refractivity contribution in [3.05, 3.63) is 24.0 Å². The molecule has 1 rings (SSSR count). The predicted octanol–water partition coefficient (Wildman–Crippen LogP) is -1.72. The largest absolute Gasteiger partial charge is 0.748 e. The van der Waals surface area contributed by atoms with Crippen molar-refractivity contribution in [1.82, 2.24) is 10.4 Å². The van der Waals surface area contributed by atoms with Crippen LogP contribution in [0.4, 0.5) is 0 Å². The van der Waals surface area contributed by atoms with Gasteiger partial charge >= 0.3 is 0 Å². The summed E-state index contributed by atoms with van der Waals surface area (Å²) in [4.78, 5) is 11.4. The van der Waals surface area contributed by atoms with Crippen LogP contribution < -0.4 is 10.00 Å². The lowest BCUT2D eigenvalue weighted by Crippen LogP contribution is -2.41. The van der Waals surface area contributed by atoms with Crippen LogP contribution in [0.15, 0.2) is 18.5 Å². The Kier molecular flexibility index (Phi) is 4.76. The average Bonchev–Trinajstić information content (AvgIpc) is 2.33. The molecular formula is C10H11N3O4S. The van der Waals surface area contributed by atoms with Crippen molar-refractivity contribution >= 4 is 16.0 Å². The number of carbonyl (C=O) groups excluding carboxylic acids is 1. The number of amides is 1. The zero-order chi connectivity index (χ0) is 13.6. The van der Waals surface area contributed by atoms with Gasteiger partial charge in [0.2, 0.25) is 0 Å². The van der Waals surface area contributed by atoms with Crippen LogP contribution in [0.2, 0.25) is 0 Å². The van der Waals surface area contributed by atoms with Crippen LogP contribution in [0.25, 0.3) is 0 Å². The van der Waals surface area contributed by atoms with E-state index >= 15 is 0 Å². The van der Waals surface area contributed by atoms with Crippen LogP contribution in [-0.2, 0) is 16.7 Å². The molecule has 7 nitrogen and oxygen atoms in total. The maximum absolute atomic E-state index is 11.4. The van der Waals surface area contributed by atoms with E-state index in [4.69, 9.17) is 6.42 Å². The summed E-state index contributed by atoms with van der Waals surface area (Å²) in [6.07, 6.45) is 7.67. The number of nitrogens with one attached hydrogen (secondary N) is 1.